The quantitative estimate of drug-likeness (QED) is 0.244. The van der Waals surface area contributed by atoms with Gasteiger partial charge in [-0.05, 0) is 83.5 Å². The molecule has 0 bridgehead atoms. The zero-order valence-corrected chi connectivity index (χ0v) is 27.9. The van der Waals surface area contributed by atoms with Crippen molar-refractivity contribution >= 4 is 21.8 Å². The maximum atomic E-state index is 14.2. The molecule has 1 atom stereocenters. The summed E-state index contributed by atoms with van der Waals surface area (Å²) >= 11 is 2.93. The van der Waals surface area contributed by atoms with Crippen LogP contribution in [-0.4, -0.2) is 72.3 Å². The van der Waals surface area contributed by atoms with E-state index in [4.69, 9.17) is 9.72 Å². The molecule has 6 rings (SSSR count). The number of carbonyl (C=O) groups excluding carboxylic acids is 1. The molecular formula is C33H35BrF3N7O3. The van der Waals surface area contributed by atoms with Crippen molar-refractivity contribution in [3.8, 4) is 17.5 Å². The molecule has 0 spiro atoms. The fourth-order valence-corrected chi connectivity index (χ4v) is 6.69. The van der Waals surface area contributed by atoms with Crippen LogP contribution in [0.5, 0.6) is 5.88 Å². The minimum Gasteiger partial charge on any atom is -0.476 e. The molecule has 47 heavy (non-hydrogen) atoms. The number of fused-ring (bicyclic) bond motifs is 1. The fraction of sp³-hybridized carbons (Fsp3) is 0.424. The van der Waals surface area contributed by atoms with E-state index in [0.717, 1.165) is 37.1 Å². The number of alkyl halides is 3. The van der Waals surface area contributed by atoms with Gasteiger partial charge in [-0.2, -0.15) is 18.3 Å². The number of aromatic nitrogens is 5. The van der Waals surface area contributed by atoms with E-state index in [1.165, 1.54) is 40.9 Å². The van der Waals surface area contributed by atoms with Gasteiger partial charge in [0, 0.05) is 39.9 Å². The Hall–Kier alpha value is -4.04. The summed E-state index contributed by atoms with van der Waals surface area (Å²) in [6.07, 6.45) is 0.768. The molecular weight excluding hydrogens is 679 g/mol. The molecule has 0 N–H and O–H groups in total. The summed E-state index contributed by atoms with van der Waals surface area (Å²) in [5.41, 5.74) is 1.33. The third-order valence-corrected chi connectivity index (χ3v) is 9.35. The number of benzene rings is 1. The highest BCUT2D eigenvalue weighted by Crippen LogP contribution is 2.36. The van der Waals surface area contributed by atoms with Crippen molar-refractivity contribution in [2.75, 3.05) is 26.2 Å². The van der Waals surface area contributed by atoms with Crippen LogP contribution in [-0.2, 0) is 19.1 Å². The van der Waals surface area contributed by atoms with Crippen molar-refractivity contribution in [3.05, 3.63) is 91.2 Å². The molecule has 0 radical (unpaired) electrons. The summed E-state index contributed by atoms with van der Waals surface area (Å²) in [6.45, 7) is 8.86. The standard InChI is InChI=1S/C33H35BrF3N7O3/c1-20-15-22(3)44(40-20)32-39-28-19-42(30(45)23-7-9-27(34)26(17-23)33(35,36)37)21(2)16-25(28)31(46)43(32)24-8-10-29(38-18-24)47-14-13-41-11-5-4-6-12-41/h7-10,15,17-18,21H,4-6,11-14,16,19H2,1-3H3/t21-/m1/s1. The topological polar surface area (TPSA) is 98.4 Å². The number of hydrogen-bond acceptors (Lipinski definition) is 7. The number of rotatable bonds is 7. The summed E-state index contributed by atoms with van der Waals surface area (Å²) < 4.78 is 49.6. The molecule has 1 saturated heterocycles. The van der Waals surface area contributed by atoms with E-state index in [1.807, 2.05) is 19.9 Å². The van der Waals surface area contributed by atoms with Gasteiger partial charge in [0.1, 0.15) is 6.61 Å². The number of hydrogen-bond donors (Lipinski definition) is 0. The van der Waals surface area contributed by atoms with Gasteiger partial charge in [0.25, 0.3) is 11.5 Å². The molecule has 1 amide bonds. The molecule has 0 unspecified atom stereocenters. The molecule has 1 aromatic carbocycles. The lowest BCUT2D eigenvalue weighted by molar-refractivity contribution is -0.138. The second-order valence-electron chi connectivity index (χ2n) is 12.1. The lowest BCUT2D eigenvalue weighted by Gasteiger charge is -2.34. The van der Waals surface area contributed by atoms with Crippen LogP contribution in [0, 0.1) is 13.8 Å². The van der Waals surface area contributed by atoms with Gasteiger partial charge < -0.3 is 9.64 Å². The van der Waals surface area contributed by atoms with E-state index in [2.05, 4.69) is 30.9 Å². The number of likely N-dealkylation sites (tertiary alicyclic amines) is 1. The zero-order chi connectivity index (χ0) is 33.5. The van der Waals surface area contributed by atoms with Gasteiger partial charge in [-0.1, -0.05) is 22.4 Å². The van der Waals surface area contributed by atoms with E-state index >= 15 is 0 Å². The summed E-state index contributed by atoms with van der Waals surface area (Å²) in [4.78, 5) is 41.0. The molecule has 4 aromatic rings. The second-order valence-corrected chi connectivity index (χ2v) is 13.0. The zero-order valence-electron chi connectivity index (χ0n) is 26.3. The number of halogens is 4. The molecule has 1 fully saturated rings. The Kier molecular flexibility index (Phi) is 9.25. The monoisotopic (exact) mass is 713 g/mol. The first-order valence-electron chi connectivity index (χ1n) is 15.6. The Morgan fingerprint density at radius 1 is 1.09 bits per heavy atom. The maximum absolute atomic E-state index is 14.2. The average Bonchev–Trinajstić information content (AvgIpc) is 3.38. The summed E-state index contributed by atoms with van der Waals surface area (Å²) in [6, 6.07) is 8.26. The summed E-state index contributed by atoms with van der Waals surface area (Å²) in [7, 11) is 0. The smallest absolute Gasteiger partial charge is 0.417 e. The Morgan fingerprint density at radius 2 is 1.85 bits per heavy atom. The molecule has 0 aliphatic carbocycles. The van der Waals surface area contributed by atoms with Crippen molar-refractivity contribution < 1.29 is 22.7 Å². The Balaban J connectivity index is 1.33. The van der Waals surface area contributed by atoms with Gasteiger partial charge >= 0.3 is 6.18 Å². The highest BCUT2D eigenvalue weighted by Gasteiger charge is 2.36. The lowest BCUT2D eigenvalue weighted by Crippen LogP contribution is -2.46. The van der Waals surface area contributed by atoms with Gasteiger partial charge in [0.15, 0.2) is 0 Å². The van der Waals surface area contributed by atoms with Crippen molar-refractivity contribution in [1.82, 2.24) is 34.1 Å². The van der Waals surface area contributed by atoms with Gasteiger partial charge in [0.2, 0.25) is 11.8 Å². The van der Waals surface area contributed by atoms with Crippen LogP contribution in [0.4, 0.5) is 13.2 Å². The molecule has 2 aliphatic heterocycles. The number of aryl methyl sites for hydroxylation is 2. The molecule has 3 aromatic heterocycles. The van der Waals surface area contributed by atoms with Gasteiger partial charge in [0.05, 0.1) is 35.4 Å². The fourth-order valence-electron chi connectivity index (χ4n) is 6.22. The second kappa shape index (κ2) is 13.2. The van der Waals surface area contributed by atoms with Gasteiger partial charge in [-0.25, -0.2) is 19.2 Å². The molecule has 5 heterocycles. The Bertz CT molecular complexity index is 1850. The van der Waals surface area contributed by atoms with Crippen LogP contribution in [0.3, 0.4) is 0 Å². The number of carbonyl (C=O) groups is 1. The van der Waals surface area contributed by atoms with E-state index in [1.54, 1.807) is 29.9 Å². The summed E-state index contributed by atoms with van der Waals surface area (Å²) in [5.74, 6) is 0.0755. The minimum atomic E-state index is -4.64. The van der Waals surface area contributed by atoms with E-state index in [0.29, 0.717) is 29.4 Å². The van der Waals surface area contributed by atoms with Crippen molar-refractivity contribution in [3.63, 3.8) is 0 Å². The Labute approximate surface area is 278 Å². The third kappa shape index (κ3) is 6.84. The van der Waals surface area contributed by atoms with Gasteiger partial charge in [-0.15, -0.1) is 0 Å². The lowest BCUT2D eigenvalue weighted by atomic mass is 9.98. The minimum absolute atomic E-state index is 0.0584. The average molecular weight is 715 g/mol. The highest BCUT2D eigenvalue weighted by atomic mass is 79.9. The van der Waals surface area contributed by atoms with Crippen LogP contribution in [0.15, 0.2) is 51.9 Å². The predicted molar refractivity (Wildman–Crippen MR) is 172 cm³/mol. The Morgan fingerprint density at radius 3 is 2.51 bits per heavy atom. The SMILES string of the molecule is Cc1cc(C)n(-c2nc3c(c(=O)n2-c2ccc(OCCN4CCCCC4)nc2)C[C@@H](C)N(C(=O)c2ccc(Br)c(C(F)(F)F)c2)C3)n1. The van der Waals surface area contributed by atoms with E-state index in [9.17, 15) is 22.8 Å². The van der Waals surface area contributed by atoms with Crippen molar-refractivity contribution in [2.45, 2.75) is 65.2 Å². The van der Waals surface area contributed by atoms with Gasteiger partial charge in [-0.3, -0.25) is 14.5 Å². The number of piperidine rings is 1. The predicted octanol–water partition coefficient (Wildman–Crippen LogP) is 5.66. The van der Waals surface area contributed by atoms with E-state index < -0.39 is 23.7 Å². The van der Waals surface area contributed by atoms with Crippen molar-refractivity contribution in [1.29, 1.82) is 0 Å². The van der Waals surface area contributed by atoms with Crippen LogP contribution in [0.1, 0.15) is 64.8 Å². The highest BCUT2D eigenvalue weighted by molar-refractivity contribution is 9.10. The van der Waals surface area contributed by atoms with Crippen LogP contribution >= 0.6 is 15.9 Å². The van der Waals surface area contributed by atoms with Crippen LogP contribution < -0.4 is 10.3 Å². The number of ether oxygens (including phenoxy) is 1. The van der Waals surface area contributed by atoms with Crippen LogP contribution in [0.2, 0.25) is 0 Å². The molecule has 248 valence electrons. The normalized spacial score (nSPS) is 17.1. The first-order valence-corrected chi connectivity index (χ1v) is 16.4. The first-order chi connectivity index (χ1) is 22.4. The maximum Gasteiger partial charge on any atom is 0.417 e. The number of nitrogens with zero attached hydrogens (tertiary/aromatic N) is 7. The molecule has 10 nitrogen and oxygen atoms in total. The van der Waals surface area contributed by atoms with Crippen LogP contribution in [0.25, 0.3) is 11.6 Å². The molecule has 0 saturated carbocycles. The number of amides is 1. The third-order valence-electron chi connectivity index (χ3n) is 8.66. The summed E-state index contributed by atoms with van der Waals surface area (Å²) in [5, 5.41) is 4.57. The van der Waals surface area contributed by atoms with Crippen molar-refractivity contribution in [2.24, 2.45) is 0 Å². The van der Waals surface area contributed by atoms with E-state index in [-0.39, 0.29) is 34.5 Å². The number of pyridine rings is 1. The first kappa shape index (κ1) is 32.9. The largest absolute Gasteiger partial charge is 0.476 e. The molecule has 14 heteroatoms. The molecule has 2 aliphatic rings.